The van der Waals surface area contributed by atoms with Crippen LogP contribution in [0.15, 0.2) is 48.5 Å². The molecule has 1 saturated heterocycles. The largest absolute Gasteiger partial charge is 0.497 e. The molecule has 1 aliphatic heterocycles. The highest BCUT2D eigenvalue weighted by molar-refractivity contribution is 6.30. The Morgan fingerprint density at radius 1 is 1.15 bits per heavy atom. The highest BCUT2D eigenvalue weighted by atomic mass is 35.5. The zero-order valence-electron chi connectivity index (χ0n) is 15.3. The van der Waals surface area contributed by atoms with Crippen LogP contribution in [-0.4, -0.2) is 36.4 Å². The summed E-state index contributed by atoms with van der Waals surface area (Å²) in [6, 6.07) is 14.2. The number of aryl methyl sites for hydroxylation is 1. The molecule has 142 valence electrons. The lowest BCUT2D eigenvalue weighted by molar-refractivity contribution is -0.136. The summed E-state index contributed by atoms with van der Waals surface area (Å²) in [6.07, 6.45) is 2.56. The van der Waals surface area contributed by atoms with E-state index in [1.807, 2.05) is 24.3 Å². The van der Waals surface area contributed by atoms with Gasteiger partial charge in [0.05, 0.1) is 7.11 Å². The minimum atomic E-state index is -0.413. The SMILES string of the molecule is COc1ccc(CCC(=O)N2CCC[C@@H]2C(=O)Nc2ccc(Cl)cc2)cc1. The van der Waals surface area contributed by atoms with Gasteiger partial charge in [0, 0.05) is 23.7 Å². The predicted octanol–water partition coefficient (Wildman–Crippen LogP) is 3.91. The highest BCUT2D eigenvalue weighted by Gasteiger charge is 2.33. The minimum absolute atomic E-state index is 0.0135. The number of nitrogens with zero attached hydrogens (tertiary/aromatic N) is 1. The zero-order valence-corrected chi connectivity index (χ0v) is 16.0. The van der Waals surface area contributed by atoms with Crippen LogP contribution in [0.25, 0.3) is 0 Å². The van der Waals surface area contributed by atoms with Gasteiger partial charge in [-0.1, -0.05) is 23.7 Å². The van der Waals surface area contributed by atoms with Crippen molar-refractivity contribution in [1.82, 2.24) is 4.90 Å². The highest BCUT2D eigenvalue weighted by Crippen LogP contribution is 2.22. The summed E-state index contributed by atoms with van der Waals surface area (Å²) in [7, 11) is 1.63. The van der Waals surface area contributed by atoms with E-state index in [9.17, 15) is 9.59 Å². The third kappa shape index (κ3) is 5.01. The number of anilines is 1. The van der Waals surface area contributed by atoms with Crippen LogP contribution in [-0.2, 0) is 16.0 Å². The molecule has 2 aromatic rings. The minimum Gasteiger partial charge on any atom is -0.497 e. The van der Waals surface area contributed by atoms with Crippen molar-refractivity contribution in [2.24, 2.45) is 0 Å². The molecule has 1 fully saturated rings. The summed E-state index contributed by atoms with van der Waals surface area (Å²) >= 11 is 5.87. The van der Waals surface area contributed by atoms with E-state index in [-0.39, 0.29) is 11.8 Å². The second kappa shape index (κ2) is 8.91. The van der Waals surface area contributed by atoms with E-state index >= 15 is 0 Å². The molecule has 0 aromatic heterocycles. The van der Waals surface area contributed by atoms with Crippen molar-refractivity contribution in [2.75, 3.05) is 19.0 Å². The van der Waals surface area contributed by atoms with Gasteiger partial charge in [-0.05, 0) is 61.2 Å². The Hall–Kier alpha value is -2.53. The average Bonchev–Trinajstić information content (AvgIpc) is 3.18. The molecule has 0 spiro atoms. The molecule has 3 rings (SSSR count). The number of methoxy groups -OCH3 is 1. The van der Waals surface area contributed by atoms with E-state index in [1.165, 1.54) is 0 Å². The maximum Gasteiger partial charge on any atom is 0.247 e. The standard InChI is InChI=1S/C21H23ClN2O3/c1-27-18-11-4-15(5-12-18)6-13-20(25)24-14-2-3-19(24)21(26)23-17-9-7-16(22)8-10-17/h4-5,7-12,19H,2-3,6,13-14H2,1H3,(H,23,26)/t19-/m1/s1. The van der Waals surface area contributed by atoms with Crippen LogP contribution in [0, 0.1) is 0 Å². The van der Waals surface area contributed by atoms with Gasteiger partial charge in [-0.15, -0.1) is 0 Å². The van der Waals surface area contributed by atoms with Crippen LogP contribution in [0.2, 0.25) is 5.02 Å². The molecule has 0 bridgehead atoms. The van der Waals surface area contributed by atoms with Crippen LogP contribution >= 0.6 is 11.6 Å². The van der Waals surface area contributed by atoms with E-state index in [0.29, 0.717) is 36.5 Å². The predicted molar refractivity (Wildman–Crippen MR) is 106 cm³/mol. The molecule has 1 aliphatic rings. The lowest BCUT2D eigenvalue weighted by Gasteiger charge is -2.24. The molecule has 2 aromatic carbocycles. The van der Waals surface area contributed by atoms with Crippen molar-refractivity contribution >= 4 is 29.1 Å². The first kappa shape index (κ1) is 19.2. The van der Waals surface area contributed by atoms with Crippen molar-refractivity contribution in [3.63, 3.8) is 0 Å². The molecule has 1 heterocycles. The van der Waals surface area contributed by atoms with Gasteiger partial charge in [0.25, 0.3) is 0 Å². The van der Waals surface area contributed by atoms with Crippen LogP contribution in [0.5, 0.6) is 5.75 Å². The Kier molecular flexibility index (Phi) is 6.35. The van der Waals surface area contributed by atoms with Crippen molar-refractivity contribution < 1.29 is 14.3 Å². The Morgan fingerprint density at radius 3 is 2.52 bits per heavy atom. The monoisotopic (exact) mass is 386 g/mol. The maximum absolute atomic E-state index is 12.7. The molecule has 5 nitrogen and oxygen atoms in total. The Balaban J connectivity index is 1.56. The first-order valence-corrected chi connectivity index (χ1v) is 9.43. The molecular weight excluding hydrogens is 364 g/mol. The fourth-order valence-corrected chi connectivity index (χ4v) is 3.41. The number of carbonyl (C=O) groups excluding carboxylic acids is 2. The van der Waals surface area contributed by atoms with Gasteiger partial charge in [0.15, 0.2) is 0 Å². The maximum atomic E-state index is 12.7. The summed E-state index contributed by atoms with van der Waals surface area (Å²) in [5.41, 5.74) is 1.76. The van der Waals surface area contributed by atoms with Gasteiger partial charge >= 0.3 is 0 Å². The molecule has 1 N–H and O–H groups in total. The topological polar surface area (TPSA) is 58.6 Å². The number of amides is 2. The third-order valence-corrected chi connectivity index (χ3v) is 5.03. The van der Waals surface area contributed by atoms with E-state index in [0.717, 1.165) is 17.7 Å². The van der Waals surface area contributed by atoms with Gasteiger partial charge in [-0.3, -0.25) is 9.59 Å². The van der Waals surface area contributed by atoms with Gasteiger partial charge in [0.2, 0.25) is 11.8 Å². The first-order valence-electron chi connectivity index (χ1n) is 9.05. The van der Waals surface area contributed by atoms with E-state index in [2.05, 4.69) is 5.32 Å². The lowest BCUT2D eigenvalue weighted by atomic mass is 10.1. The molecule has 6 heteroatoms. The summed E-state index contributed by atoms with van der Waals surface area (Å²) < 4.78 is 5.14. The summed E-state index contributed by atoms with van der Waals surface area (Å²) in [5.74, 6) is 0.663. The smallest absolute Gasteiger partial charge is 0.247 e. The fourth-order valence-electron chi connectivity index (χ4n) is 3.28. The third-order valence-electron chi connectivity index (χ3n) is 4.77. The summed E-state index contributed by atoms with van der Waals surface area (Å²) in [6.45, 7) is 0.625. The van der Waals surface area contributed by atoms with Crippen LogP contribution in [0.4, 0.5) is 5.69 Å². The zero-order chi connectivity index (χ0) is 19.2. The normalized spacial score (nSPS) is 16.2. The van der Waals surface area contributed by atoms with Gasteiger partial charge in [0.1, 0.15) is 11.8 Å². The number of hydrogen-bond acceptors (Lipinski definition) is 3. The Labute approximate surface area is 164 Å². The molecule has 0 saturated carbocycles. The van der Waals surface area contributed by atoms with Gasteiger partial charge < -0.3 is 15.0 Å². The summed E-state index contributed by atoms with van der Waals surface area (Å²) in [4.78, 5) is 27.0. The van der Waals surface area contributed by atoms with Crippen molar-refractivity contribution in [2.45, 2.75) is 31.7 Å². The van der Waals surface area contributed by atoms with Crippen LogP contribution < -0.4 is 10.1 Å². The molecule has 27 heavy (non-hydrogen) atoms. The summed E-state index contributed by atoms with van der Waals surface area (Å²) in [5, 5.41) is 3.49. The lowest BCUT2D eigenvalue weighted by Crippen LogP contribution is -2.43. The van der Waals surface area contributed by atoms with Crippen LogP contribution in [0.1, 0.15) is 24.8 Å². The average molecular weight is 387 g/mol. The number of benzene rings is 2. The number of hydrogen-bond donors (Lipinski definition) is 1. The Morgan fingerprint density at radius 2 is 1.85 bits per heavy atom. The number of halogens is 1. The quantitative estimate of drug-likeness (QED) is 0.818. The second-order valence-electron chi connectivity index (χ2n) is 6.59. The van der Waals surface area contributed by atoms with E-state index in [4.69, 9.17) is 16.3 Å². The number of likely N-dealkylation sites (tertiary alicyclic amines) is 1. The van der Waals surface area contributed by atoms with Crippen molar-refractivity contribution in [3.8, 4) is 5.75 Å². The number of carbonyl (C=O) groups is 2. The number of ether oxygens (including phenoxy) is 1. The van der Waals surface area contributed by atoms with Gasteiger partial charge in [-0.2, -0.15) is 0 Å². The molecule has 1 atom stereocenters. The fraction of sp³-hybridized carbons (Fsp3) is 0.333. The van der Waals surface area contributed by atoms with Gasteiger partial charge in [-0.25, -0.2) is 0 Å². The number of rotatable bonds is 6. The van der Waals surface area contributed by atoms with Crippen LogP contribution in [0.3, 0.4) is 0 Å². The van der Waals surface area contributed by atoms with E-state index < -0.39 is 6.04 Å². The van der Waals surface area contributed by atoms with E-state index in [1.54, 1.807) is 36.3 Å². The number of nitrogens with one attached hydrogen (secondary N) is 1. The second-order valence-corrected chi connectivity index (χ2v) is 7.03. The molecule has 0 radical (unpaired) electrons. The molecule has 2 amide bonds. The molecule has 0 unspecified atom stereocenters. The molecular formula is C21H23ClN2O3. The molecule has 0 aliphatic carbocycles. The van der Waals surface area contributed by atoms with Crippen molar-refractivity contribution in [1.29, 1.82) is 0 Å². The van der Waals surface area contributed by atoms with Crippen molar-refractivity contribution in [3.05, 3.63) is 59.1 Å². The Bertz CT molecular complexity index is 790. The first-order chi connectivity index (χ1) is 13.1.